The number of hydrogen-bond donors (Lipinski definition) is 2. The van der Waals surface area contributed by atoms with Gasteiger partial charge < -0.3 is 15.2 Å². The fraction of sp³-hybridized carbons (Fsp3) is 0.136. The van der Waals surface area contributed by atoms with Gasteiger partial charge in [0, 0.05) is 41.2 Å². The molecule has 0 unspecified atom stereocenters. The highest BCUT2D eigenvalue weighted by atomic mass is 32.1. The molecule has 0 bridgehead atoms. The number of benzene rings is 1. The van der Waals surface area contributed by atoms with Crippen LogP contribution in [0.15, 0.2) is 70.0 Å². The van der Waals surface area contributed by atoms with E-state index in [1.165, 1.54) is 0 Å². The van der Waals surface area contributed by atoms with Crippen molar-refractivity contribution < 1.29 is 14.1 Å². The van der Waals surface area contributed by atoms with Crippen LogP contribution in [0.3, 0.4) is 0 Å². The first kappa shape index (κ1) is 20.4. The molecule has 0 aliphatic heterocycles. The van der Waals surface area contributed by atoms with E-state index in [1.807, 2.05) is 35.0 Å². The van der Waals surface area contributed by atoms with Gasteiger partial charge in [0.05, 0.1) is 12.2 Å². The maximum atomic E-state index is 12.4. The summed E-state index contributed by atoms with van der Waals surface area (Å²) in [5.41, 5.74) is 2.65. The molecule has 0 saturated heterocycles. The van der Waals surface area contributed by atoms with Gasteiger partial charge in [0.1, 0.15) is 0 Å². The van der Waals surface area contributed by atoms with E-state index in [9.17, 15) is 9.59 Å². The minimum absolute atomic E-state index is 0.182. The third-order valence-corrected chi connectivity index (χ3v) is 5.06. The van der Waals surface area contributed by atoms with Gasteiger partial charge in [0.2, 0.25) is 17.6 Å². The first-order valence-electron chi connectivity index (χ1n) is 9.60. The summed E-state index contributed by atoms with van der Waals surface area (Å²) in [4.78, 5) is 33.2. The molecule has 3 heterocycles. The second kappa shape index (κ2) is 9.77. The van der Waals surface area contributed by atoms with E-state index in [-0.39, 0.29) is 18.2 Å². The number of aryl methyl sites for hydroxylation is 1. The summed E-state index contributed by atoms with van der Waals surface area (Å²) >= 11 is 1.55. The number of pyridine rings is 1. The molecule has 0 atom stereocenters. The van der Waals surface area contributed by atoms with Crippen molar-refractivity contribution in [1.29, 1.82) is 0 Å². The number of anilines is 1. The van der Waals surface area contributed by atoms with E-state index in [1.54, 1.807) is 41.8 Å². The summed E-state index contributed by atoms with van der Waals surface area (Å²) in [5, 5.41) is 13.4. The van der Waals surface area contributed by atoms with Crippen molar-refractivity contribution in [1.82, 2.24) is 20.4 Å². The Kier molecular flexibility index (Phi) is 6.44. The van der Waals surface area contributed by atoms with E-state index in [0.717, 1.165) is 11.3 Å². The van der Waals surface area contributed by atoms with Crippen molar-refractivity contribution in [3.63, 3.8) is 0 Å². The summed E-state index contributed by atoms with van der Waals surface area (Å²) in [5.74, 6) is 0.468. The zero-order valence-electron chi connectivity index (χ0n) is 16.4. The van der Waals surface area contributed by atoms with Gasteiger partial charge in [-0.05, 0) is 41.8 Å². The number of hydrogen-bond acceptors (Lipinski definition) is 7. The molecule has 4 rings (SSSR count). The average molecular weight is 433 g/mol. The first-order chi connectivity index (χ1) is 15.2. The van der Waals surface area contributed by atoms with E-state index < -0.39 is 0 Å². The lowest BCUT2D eigenvalue weighted by Crippen LogP contribution is -2.23. The average Bonchev–Trinajstić information content (AvgIpc) is 3.49. The molecule has 4 aromatic rings. The highest BCUT2D eigenvalue weighted by molar-refractivity contribution is 7.08. The lowest BCUT2D eigenvalue weighted by atomic mass is 10.1. The Hall–Kier alpha value is -3.85. The van der Waals surface area contributed by atoms with Crippen LogP contribution in [0.25, 0.3) is 11.4 Å². The maximum absolute atomic E-state index is 12.4. The maximum Gasteiger partial charge on any atom is 0.251 e. The number of thiophene rings is 1. The molecule has 0 spiro atoms. The summed E-state index contributed by atoms with van der Waals surface area (Å²) in [6, 6.07) is 14.2. The standard InChI is InChI=1S/C22H19N5O3S/c28-19(7-8-20-26-21(27-30-20)16-9-11-31-14-16)25-17-6-3-4-15(12-17)22(29)24-13-18-5-1-2-10-23-18/h1-6,9-12,14H,7-8,13H2,(H,24,29)(H,25,28). The number of carbonyl (C=O) groups excluding carboxylic acids is 2. The third-order valence-electron chi connectivity index (χ3n) is 4.38. The van der Waals surface area contributed by atoms with Crippen molar-refractivity contribution >= 4 is 28.8 Å². The van der Waals surface area contributed by atoms with Gasteiger partial charge in [-0.3, -0.25) is 14.6 Å². The van der Waals surface area contributed by atoms with Gasteiger partial charge in [-0.15, -0.1) is 0 Å². The van der Waals surface area contributed by atoms with Gasteiger partial charge >= 0.3 is 0 Å². The van der Waals surface area contributed by atoms with Crippen LogP contribution >= 0.6 is 11.3 Å². The fourth-order valence-electron chi connectivity index (χ4n) is 2.82. The van der Waals surface area contributed by atoms with E-state index in [4.69, 9.17) is 4.52 Å². The summed E-state index contributed by atoms with van der Waals surface area (Å²) in [6.45, 7) is 0.327. The molecular weight excluding hydrogens is 414 g/mol. The smallest absolute Gasteiger partial charge is 0.251 e. The molecule has 2 N–H and O–H groups in total. The van der Waals surface area contributed by atoms with Gasteiger partial charge in [-0.2, -0.15) is 16.3 Å². The van der Waals surface area contributed by atoms with E-state index in [2.05, 4.69) is 25.8 Å². The van der Waals surface area contributed by atoms with Crippen LogP contribution in [0.2, 0.25) is 0 Å². The molecule has 2 amide bonds. The van der Waals surface area contributed by atoms with E-state index in [0.29, 0.717) is 35.9 Å². The molecule has 0 radical (unpaired) electrons. The van der Waals surface area contributed by atoms with Crippen LogP contribution in [0.1, 0.15) is 28.4 Å². The Morgan fingerprint density at radius 2 is 2.03 bits per heavy atom. The Morgan fingerprint density at radius 3 is 2.84 bits per heavy atom. The highest BCUT2D eigenvalue weighted by Gasteiger charge is 2.12. The molecule has 31 heavy (non-hydrogen) atoms. The Morgan fingerprint density at radius 1 is 1.10 bits per heavy atom. The molecule has 0 saturated carbocycles. The second-order valence-corrected chi connectivity index (χ2v) is 7.44. The molecule has 0 aliphatic carbocycles. The molecular formula is C22H19N5O3S. The van der Waals surface area contributed by atoms with Crippen molar-refractivity contribution in [2.75, 3.05) is 5.32 Å². The Labute approximate surface area is 182 Å². The largest absolute Gasteiger partial charge is 0.346 e. The Bertz CT molecular complexity index is 1160. The van der Waals surface area contributed by atoms with Crippen LogP contribution < -0.4 is 10.6 Å². The quantitative estimate of drug-likeness (QED) is 0.438. The van der Waals surface area contributed by atoms with Crippen LogP contribution in [0.5, 0.6) is 0 Å². The Balaban J connectivity index is 1.29. The van der Waals surface area contributed by atoms with Crippen molar-refractivity contribution in [3.05, 3.63) is 82.6 Å². The monoisotopic (exact) mass is 433 g/mol. The van der Waals surface area contributed by atoms with Crippen molar-refractivity contribution in [3.8, 4) is 11.4 Å². The SMILES string of the molecule is O=C(CCc1nc(-c2ccsc2)no1)Nc1cccc(C(=O)NCc2ccccn2)c1. The molecule has 0 aliphatic rings. The summed E-state index contributed by atoms with van der Waals surface area (Å²) in [6.07, 6.45) is 2.18. The summed E-state index contributed by atoms with van der Waals surface area (Å²) < 4.78 is 5.21. The topological polar surface area (TPSA) is 110 Å². The van der Waals surface area contributed by atoms with Crippen LogP contribution in [-0.4, -0.2) is 26.9 Å². The number of rotatable bonds is 8. The fourth-order valence-corrected chi connectivity index (χ4v) is 3.46. The molecule has 0 fully saturated rings. The molecule has 8 nitrogen and oxygen atoms in total. The zero-order valence-corrected chi connectivity index (χ0v) is 17.3. The summed E-state index contributed by atoms with van der Waals surface area (Å²) in [7, 11) is 0. The van der Waals surface area contributed by atoms with E-state index >= 15 is 0 Å². The lowest BCUT2D eigenvalue weighted by molar-refractivity contribution is -0.116. The lowest BCUT2D eigenvalue weighted by Gasteiger charge is -2.08. The number of carbonyl (C=O) groups is 2. The van der Waals surface area contributed by atoms with Gasteiger partial charge in [-0.1, -0.05) is 17.3 Å². The molecule has 9 heteroatoms. The highest BCUT2D eigenvalue weighted by Crippen LogP contribution is 2.19. The van der Waals surface area contributed by atoms with Crippen LogP contribution in [0, 0.1) is 0 Å². The third kappa shape index (κ3) is 5.61. The predicted octanol–water partition coefficient (Wildman–Crippen LogP) is 3.69. The molecule has 3 aromatic heterocycles. The molecule has 1 aromatic carbocycles. The van der Waals surface area contributed by atoms with Crippen LogP contribution in [0.4, 0.5) is 5.69 Å². The minimum atomic E-state index is -0.242. The number of amides is 2. The van der Waals surface area contributed by atoms with Gasteiger partial charge in [0.25, 0.3) is 5.91 Å². The van der Waals surface area contributed by atoms with Crippen LogP contribution in [-0.2, 0) is 17.8 Å². The zero-order chi connectivity index (χ0) is 21.5. The molecule has 156 valence electrons. The number of nitrogens with zero attached hydrogens (tertiary/aromatic N) is 3. The second-order valence-electron chi connectivity index (χ2n) is 6.66. The number of aromatic nitrogens is 3. The normalized spacial score (nSPS) is 10.6. The van der Waals surface area contributed by atoms with Crippen molar-refractivity contribution in [2.24, 2.45) is 0 Å². The van der Waals surface area contributed by atoms with Gasteiger partial charge in [0.15, 0.2) is 0 Å². The minimum Gasteiger partial charge on any atom is -0.346 e. The first-order valence-corrected chi connectivity index (χ1v) is 10.5. The van der Waals surface area contributed by atoms with Gasteiger partial charge in [-0.25, -0.2) is 0 Å². The predicted molar refractivity (Wildman–Crippen MR) is 116 cm³/mol. The van der Waals surface area contributed by atoms with Crippen molar-refractivity contribution in [2.45, 2.75) is 19.4 Å². The number of nitrogens with one attached hydrogen (secondary N) is 2.